The molecule has 0 aliphatic rings. The van der Waals surface area contributed by atoms with Gasteiger partial charge in [0.05, 0.1) is 11.3 Å². The molecule has 1 unspecified atom stereocenters. The Morgan fingerprint density at radius 2 is 2.33 bits per heavy atom. The third-order valence-electron chi connectivity index (χ3n) is 2.57. The molecular weight excluding hydrogens is 246 g/mol. The van der Waals surface area contributed by atoms with Crippen molar-refractivity contribution in [1.82, 2.24) is 10.3 Å². The first kappa shape index (κ1) is 14.8. The second-order valence-electron chi connectivity index (χ2n) is 4.11. The fourth-order valence-electron chi connectivity index (χ4n) is 1.59. The van der Waals surface area contributed by atoms with E-state index < -0.39 is 0 Å². The standard InChI is InChI=1S/C13H21N3OS/c1-4-15-12-5-7-14-9-11(12)13(17)16-10(2)6-8-18-3/h5,7,9-10H,4,6,8H2,1-3H3,(H,14,15)(H,16,17). The summed E-state index contributed by atoms with van der Waals surface area (Å²) in [6.45, 7) is 4.81. The lowest BCUT2D eigenvalue weighted by Crippen LogP contribution is -2.33. The SMILES string of the molecule is CCNc1ccncc1C(=O)NC(C)CCSC. The van der Waals surface area contributed by atoms with Gasteiger partial charge in [-0.25, -0.2) is 0 Å². The van der Waals surface area contributed by atoms with Crippen LogP contribution in [-0.2, 0) is 0 Å². The van der Waals surface area contributed by atoms with E-state index in [2.05, 4.69) is 21.9 Å². The first-order valence-electron chi connectivity index (χ1n) is 6.16. The van der Waals surface area contributed by atoms with Gasteiger partial charge in [0.25, 0.3) is 5.91 Å². The number of rotatable bonds is 7. The van der Waals surface area contributed by atoms with Crippen molar-refractivity contribution in [2.24, 2.45) is 0 Å². The second kappa shape index (κ2) is 7.97. The monoisotopic (exact) mass is 267 g/mol. The predicted octanol–water partition coefficient (Wildman–Crippen LogP) is 2.38. The zero-order valence-corrected chi connectivity index (χ0v) is 12.0. The molecule has 0 radical (unpaired) electrons. The van der Waals surface area contributed by atoms with Crippen molar-refractivity contribution in [3.05, 3.63) is 24.0 Å². The molecule has 1 heterocycles. The van der Waals surface area contributed by atoms with Crippen LogP contribution in [0.4, 0.5) is 5.69 Å². The predicted molar refractivity (Wildman–Crippen MR) is 78.3 cm³/mol. The molecule has 1 amide bonds. The van der Waals surface area contributed by atoms with E-state index in [0.29, 0.717) is 5.56 Å². The van der Waals surface area contributed by atoms with E-state index in [9.17, 15) is 4.79 Å². The minimum atomic E-state index is -0.0624. The Labute approximate surface area is 113 Å². The average Bonchev–Trinajstić information content (AvgIpc) is 2.37. The van der Waals surface area contributed by atoms with Gasteiger partial charge in [-0.15, -0.1) is 0 Å². The number of anilines is 1. The van der Waals surface area contributed by atoms with Crippen LogP contribution in [0.1, 0.15) is 30.6 Å². The van der Waals surface area contributed by atoms with Crippen LogP contribution in [0.3, 0.4) is 0 Å². The molecule has 0 aromatic carbocycles. The number of amides is 1. The highest BCUT2D eigenvalue weighted by Crippen LogP contribution is 2.13. The van der Waals surface area contributed by atoms with Gasteiger partial charge in [-0.1, -0.05) is 0 Å². The molecule has 1 rings (SSSR count). The van der Waals surface area contributed by atoms with E-state index >= 15 is 0 Å². The van der Waals surface area contributed by atoms with E-state index in [4.69, 9.17) is 0 Å². The maximum Gasteiger partial charge on any atom is 0.255 e. The van der Waals surface area contributed by atoms with Crippen molar-refractivity contribution in [3.8, 4) is 0 Å². The quantitative estimate of drug-likeness (QED) is 0.796. The minimum absolute atomic E-state index is 0.0624. The Hall–Kier alpha value is -1.23. The van der Waals surface area contributed by atoms with Crippen molar-refractivity contribution in [2.75, 3.05) is 23.9 Å². The van der Waals surface area contributed by atoms with E-state index in [0.717, 1.165) is 24.4 Å². The number of thioether (sulfide) groups is 1. The highest BCUT2D eigenvalue weighted by atomic mass is 32.2. The zero-order valence-electron chi connectivity index (χ0n) is 11.2. The maximum absolute atomic E-state index is 12.1. The summed E-state index contributed by atoms with van der Waals surface area (Å²) in [5.41, 5.74) is 1.44. The first-order valence-corrected chi connectivity index (χ1v) is 7.56. The largest absolute Gasteiger partial charge is 0.385 e. The third kappa shape index (κ3) is 4.56. The van der Waals surface area contributed by atoms with Crippen molar-refractivity contribution >= 4 is 23.4 Å². The fourth-order valence-corrected chi connectivity index (χ4v) is 2.18. The van der Waals surface area contributed by atoms with Gasteiger partial charge in [0.1, 0.15) is 0 Å². The molecule has 1 atom stereocenters. The molecule has 1 aromatic heterocycles. The van der Waals surface area contributed by atoms with Gasteiger partial charge in [0.2, 0.25) is 0 Å². The van der Waals surface area contributed by atoms with E-state index in [-0.39, 0.29) is 11.9 Å². The number of hydrogen-bond acceptors (Lipinski definition) is 4. The number of carbonyl (C=O) groups is 1. The number of aromatic nitrogens is 1. The summed E-state index contributed by atoms with van der Waals surface area (Å²) in [5.74, 6) is 0.988. The molecular formula is C13H21N3OS. The summed E-state index contributed by atoms with van der Waals surface area (Å²) < 4.78 is 0. The molecule has 0 spiro atoms. The summed E-state index contributed by atoms with van der Waals surface area (Å²) in [6.07, 6.45) is 6.34. The highest BCUT2D eigenvalue weighted by Gasteiger charge is 2.13. The second-order valence-corrected chi connectivity index (χ2v) is 5.09. The molecule has 5 heteroatoms. The number of hydrogen-bond donors (Lipinski definition) is 2. The maximum atomic E-state index is 12.1. The van der Waals surface area contributed by atoms with Gasteiger partial charge in [0.15, 0.2) is 0 Å². The smallest absolute Gasteiger partial charge is 0.255 e. The normalized spacial score (nSPS) is 11.9. The van der Waals surface area contributed by atoms with Crippen LogP contribution in [0.2, 0.25) is 0 Å². The fraction of sp³-hybridized carbons (Fsp3) is 0.538. The van der Waals surface area contributed by atoms with Crippen LogP contribution in [0.15, 0.2) is 18.5 Å². The number of nitrogens with zero attached hydrogens (tertiary/aromatic N) is 1. The van der Waals surface area contributed by atoms with Crippen molar-refractivity contribution in [3.63, 3.8) is 0 Å². The molecule has 18 heavy (non-hydrogen) atoms. The van der Waals surface area contributed by atoms with Gasteiger partial charge >= 0.3 is 0 Å². The summed E-state index contributed by atoms with van der Waals surface area (Å²) in [4.78, 5) is 16.1. The van der Waals surface area contributed by atoms with Crippen molar-refractivity contribution in [2.45, 2.75) is 26.3 Å². The lowest BCUT2D eigenvalue weighted by atomic mass is 10.2. The Bertz CT molecular complexity index is 384. The van der Waals surface area contributed by atoms with Gasteiger partial charge in [-0.3, -0.25) is 9.78 Å². The Kier molecular flexibility index (Phi) is 6.57. The topological polar surface area (TPSA) is 54.0 Å². The lowest BCUT2D eigenvalue weighted by molar-refractivity contribution is 0.0940. The van der Waals surface area contributed by atoms with Crippen molar-refractivity contribution in [1.29, 1.82) is 0 Å². The minimum Gasteiger partial charge on any atom is -0.385 e. The van der Waals surface area contributed by atoms with Crippen LogP contribution < -0.4 is 10.6 Å². The van der Waals surface area contributed by atoms with E-state index in [1.165, 1.54) is 0 Å². The molecule has 1 aromatic rings. The Morgan fingerprint density at radius 1 is 1.56 bits per heavy atom. The first-order chi connectivity index (χ1) is 8.69. The molecule has 0 bridgehead atoms. The molecule has 0 fully saturated rings. The number of pyridine rings is 1. The third-order valence-corrected chi connectivity index (χ3v) is 3.21. The molecule has 0 saturated heterocycles. The summed E-state index contributed by atoms with van der Waals surface area (Å²) in [7, 11) is 0. The molecule has 4 nitrogen and oxygen atoms in total. The molecule has 0 aliphatic heterocycles. The highest BCUT2D eigenvalue weighted by molar-refractivity contribution is 7.98. The molecule has 0 saturated carbocycles. The van der Waals surface area contributed by atoms with Gasteiger partial charge in [-0.05, 0) is 38.3 Å². The number of nitrogens with one attached hydrogen (secondary N) is 2. The zero-order chi connectivity index (χ0) is 13.4. The summed E-state index contributed by atoms with van der Waals surface area (Å²) >= 11 is 1.79. The van der Waals surface area contributed by atoms with Crippen LogP contribution in [-0.4, -0.2) is 35.5 Å². The van der Waals surface area contributed by atoms with Gasteiger partial charge in [-0.2, -0.15) is 11.8 Å². The summed E-state index contributed by atoms with van der Waals surface area (Å²) in [6, 6.07) is 2.00. The molecule has 100 valence electrons. The Balaban J connectivity index is 2.65. The van der Waals surface area contributed by atoms with E-state index in [1.54, 1.807) is 24.2 Å². The van der Waals surface area contributed by atoms with Crippen LogP contribution in [0.5, 0.6) is 0 Å². The van der Waals surface area contributed by atoms with Crippen LogP contribution >= 0.6 is 11.8 Å². The number of carbonyl (C=O) groups excluding carboxylic acids is 1. The molecule has 0 aliphatic carbocycles. The van der Waals surface area contributed by atoms with Gasteiger partial charge < -0.3 is 10.6 Å². The summed E-state index contributed by atoms with van der Waals surface area (Å²) in [5, 5.41) is 6.17. The van der Waals surface area contributed by atoms with Gasteiger partial charge in [0, 0.05) is 25.0 Å². The van der Waals surface area contributed by atoms with E-state index in [1.807, 2.05) is 19.9 Å². The lowest BCUT2D eigenvalue weighted by Gasteiger charge is -2.15. The molecule has 2 N–H and O–H groups in total. The van der Waals surface area contributed by atoms with Crippen molar-refractivity contribution < 1.29 is 4.79 Å². The van der Waals surface area contributed by atoms with Crippen LogP contribution in [0, 0.1) is 0 Å². The average molecular weight is 267 g/mol. The Morgan fingerprint density at radius 3 is 3.00 bits per heavy atom. The van der Waals surface area contributed by atoms with Crippen LogP contribution in [0.25, 0.3) is 0 Å².